The van der Waals surface area contributed by atoms with Gasteiger partial charge in [-0.15, -0.1) is 0 Å². The summed E-state index contributed by atoms with van der Waals surface area (Å²) in [6.45, 7) is 4.41. The third-order valence-corrected chi connectivity index (χ3v) is 6.51. The highest BCUT2D eigenvalue weighted by molar-refractivity contribution is 5.91. The van der Waals surface area contributed by atoms with Gasteiger partial charge in [-0.1, -0.05) is 19.3 Å². The van der Waals surface area contributed by atoms with Crippen molar-refractivity contribution in [2.75, 3.05) is 26.3 Å². The molecule has 2 heterocycles. The molecule has 0 aromatic heterocycles. The number of ether oxygens (including phenoxy) is 2. The number of allylic oxidation sites excluding steroid dienone is 1. The van der Waals surface area contributed by atoms with E-state index in [-0.39, 0.29) is 24.7 Å². The van der Waals surface area contributed by atoms with E-state index in [4.69, 9.17) is 9.47 Å². The number of hydrogen-bond acceptors (Lipinski definition) is 4. The normalized spacial score (nSPS) is 29.9. The zero-order valence-electron chi connectivity index (χ0n) is 16.9. The smallest absolute Gasteiger partial charge is 0.288 e. The van der Waals surface area contributed by atoms with Crippen LogP contribution in [0.4, 0.5) is 0 Å². The highest BCUT2D eigenvalue weighted by Crippen LogP contribution is 2.42. The molecule has 2 fully saturated rings. The number of piperidine rings is 1. The molecule has 1 saturated heterocycles. The Balaban J connectivity index is 1.82. The van der Waals surface area contributed by atoms with Crippen LogP contribution >= 0.6 is 0 Å². The van der Waals surface area contributed by atoms with E-state index in [9.17, 15) is 9.90 Å². The van der Waals surface area contributed by atoms with E-state index in [0.29, 0.717) is 24.2 Å². The summed E-state index contributed by atoms with van der Waals surface area (Å²) in [6.07, 6.45) is 13.1. The molecule has 5 nitrogen and oxygen atoms in total. The van der Waals surface area contributed by atoms with Crippen molar-refractivity contribution in [3.63, 3.8) is 0 Å². The van der Waals surface area contributed by atoms with Crippen LogP contribution in [0, 0.1) is 17.8 Å². The number of aliphatic hydroxyl groups is 1. The fourth-order valence-electron chi connectivity index (χ4n) is 5.09. The number of carbonyl (C=O) groups excluding carboxylic acids is 1. The lowest BCUT2D eigenvalue weighted by Crippen LogP contribution is -2.44. The van der Waals surface area contributed by atoms with Crippen LogP contribution in [0.25, 0.3) is 0 Å². The third kappa shape index (κ3) is 5.26. The summed E-state index contributed by atoms with van der Waals surface area (Å²) in [5.41, 5.74) is 0. The Morgan fingerprint density at radius 3 is 2.56 bits per heavy atom. The predicted octanol–water partition coefficient (Wildman–Crippen LogP) is 3.86. The second-order valence-corrected chi connectivity index (χ2v) is 8.33. The van der Waals surface area contributed by atoms with E-state index in [1.54, 1.807) is 0 Å². The summed E-state index contributed by atoms with van der Waals surface area (Å²) in [7, 11) is 0. The minimum Gasteiger partial charge on any atom is -0.459 e. The van der Waals surface area contributed by atoms with E-state index >= 15 is 0 Å². The summed E-state index contributed by atoms with van der Waals surface area (Å²) in [5.74, 6) is 1.68. The van der Waals surface area contributed by atoms with Gasteiger partial charge in [0.2, 0.25) is 6.29 Å². The van der Waals surface area contributed by atoms with E-state index < -0.39 is 0 Å². The monoisotopic (exact) mass is 379 g/mol. The second-order valence-electron chi connectivity index (χ2n) is 8.33. The van der Waals surface area contributed by atoms with Crippen molar-refractivity contribution in [3.8, 4) is 0 Å². The molecular formula is C22H37NO4. The molecule has 1 amide bonds. The number of amides is 1. The lowest BCUT2D eigenvalue weighted by molar-refractivity contribution is -0.180. The van der Waals surface area contributed by atoms with Crippen LogP contribution in [-0.2, 0) is 14.3 Å². The van der Waals surface area contributed by atoms with E-state index in [1.807, 2.05) is 11.8 Å². The van der Waals surface area contributed by atoms with Crippen LogP contribution in [0.3, 0.4) is 0 Å². The van der Waals surface area contributed by atoms with Crippen LogP contribution in [0.1, 0.15) is 71.1 Å². The molecule has 27 heavy (non-hydrogen) atoms. The minimum absolute atomic E-state index is 0.0424. The quantitative estimate of drug-likeness (QED) is 0.730. The zero-order chi connectivity index (χ0) is 19.1. The Bertz CT molecular complexity index is 495. The molecule has 3 atom stereocenters. The van der Waals surface area contributed by atoms with Crippen LogP contribution in [0.2, 0.25) is 0 Å². The number of likely N-dealkylation sites (tertiary alicyclic amines) is 1. The van der Waals surface area contributed by atoms with Crippen LogP contribution in [-0.4, -0.2) is 48.5 Å². The lowest BCUT2D eigenvalue weighted by Gasteiger charge is -2.42. The molecule has 0 spiro atoms. The number of carbonyl (C=O) groups is 1. The second kappa shape index (κ2) is 10.5. The summed E-state index contributed by atoms with van der Waals surface area (Å²) in [4.78, 5) is 15.0. The van der Waals surface area contributed by atoms with E-state index in [1.165, 1.54) is 38.5 Å². The summed E-state index contributed by atoms with van der Waals surface area (Å²) >= 11 is 0. The van der Waals surface area contributed by atoms with E-state index in [0.717, 1.165) is 38.8 Å². The van der Waals surface area contributed by atoms with Gasteiger partial charge in [-0.05, 0) is 69.8 Å². The molecule has 0 aromatic rings. The number of hydrogen-bond donors (Lipinski definition) is 1. The van der Waals surface area contributed by atoms with Gasteiger partial charge in [0, 0.05) is 32.2 Å². The molecule has 0 bridgehead atoms. The van der Waals surface area contributed by atoms with Gasteiger partial charge < -0.3 is 19.5 Å². The highest BCUT2D eigenvalue weighted by atomic mass is 16.7. The first-order valence-electron chi connectivity index (χ1n) is 11.1. The summed E-state index contributed by atoms with van der Waals surface area (Å²) in [6, 6.07) is 0. The maximum atomic E-state index is 13.1. The Labute approximate surface area is 164 Å². The molecular weight excluding hydrogens is 342 g/mol. The Kier molecular flexibility index (Phi) is 8.01. The van der Waals surface area contributed by atoms with E-state index in [2.05, 4.69) is 6.08 Å². The largest absolute Gasteiger partial charge is 0.459 e. The van der Waals surface area contributed by atoms with Crippen molar-refractivity contribution in [1.29, 1.82) is 0 Å². The number of nitrogens with zero attached hydrogens (tertiary/aromatic N) is 1. The molecule has 0 unspecified atom stereocenters. The Morgan fingerprint density at radius 1 is 1.19 bits per heavy atom. The topological polar surface area (TPSA) is 59.0 Å². The van der Waals surface area contributed by atoms with Crippen molar-refractivity contribution < 1.29 is 19.4 Å². The average Bonchev–Trinajstić information content (AvgIpc) is 2.73. The standard InChI is InChI=1S/C22H37NO4/c1-2-26-22-18(12-9-15-24)19(17-10-5-3-6-11-17)16-20(27-22)21(25)23-13-7-4-8-14-23/h16-19,22,24H,2-15H2,1H3/t18-,19-,22-/m0/s1. The maximum absolute atomic E-state index is 13.1. The van der Waals surface area contributed by atoms with Gasteiger partial charge in [-0.3, -0.25) is 4.79 Å². The van der Waals surface area contributed by atoms with Crippen LogP contribution in [0.5, 0.6) is 0 Å². The molecule has 0 aromatic carbocycles. The molecule has 154 valence electrons. The fourth-order valence-corrected chi connectivity index (χ4v) is 5.09. The first-order chi connectivity index (χ1) is 13.2. The molecule has 2 aliphatic heterocycles. The first-order valence-corrected chi connectivity index (χ1v) is 11.1. The summed E-state index contributed by atoms with van der Waals surface area (Å²) < 4.78 is 12.1. The molecule has 3 rings (SSSR count). The lowest BCUT2D eigenvalue weighted by atomic mass is 9.71. The Morgan fingerprint density at radius 2 is 1.89 bits per heavy atom. The molecule has 3 aliphatic rings. The molecule has 5 heteroatoms. The van der Waals surface area contributed by atoms with Crippen LogP contribution in [0.15, 0.2) is 11.8 Å². The highest BCUT2D eigenvalue weighted by Gasteiger charge is 2.41. The van der Waals surface area contributed by atoms with Crippen LogP contribution < -0.4 is 0 Å². The van der Waals surface area contributed by atoms with Gasteiger partial charge >= 0.3 is 0 Å². The van der Waals surface area contributed by atoms with Gasteiger partial charge in [0.15, 0.2) is 5.76 Å². The summed E-state index contributed by atoms with van der Waals surface area (Å²) in [5, 5.41) is 9.36. The Hall–Kier alpha value is -1.07. The van der Waals surface area contributed by atoms with Crippen molar-refractivity contribution in [2.24, 2.45) is 17.8 Å². The average molecular weight is 380 g/mol. The number of rotatable bonds is 7. The van der Waals surface area contributed by atoms with Gasteiger partial charge in [-0.2, -0.15) is 0 Å². The fraction of sp³-hybridized carbons (Fsp3) is 0.864. The zero-order valence-corrected chi connectivity index (χ0v) is 16.9. The van der Waals surface area contributed by atoms with Gasteiger partial charge in [-0.25, -0.2) is 0 Å². The van der Waals surface area contributed by atoms with Gasteiger partial charge in [0.05, 0.1) is 0 Å². The molecule has 1 saturated carbocycles. The van der Waals surface area contributed by atoms with Gasteiger partial charge in [0.25, 0.3) is 5.91 Å². The molecule has 1 N–H and O–H groups in total. The SMILES string of the molecule is CCO[C@H]1OC(C(=O)N2CCCCC2)=C[C@@H](C2CCCCC2)[C@@H]1CCCO. The first kappa shape index (κ1) is 20.7. The molecule has 0 radical (unpaired) electrons. The maximum Gasteiger partial charge on any atom is 0.288 e. The number of aliphatic hydroxyl groups excluding tert-OH is 1. The van der Waals surface area contributed by atoms with Gasteiger partial charge in [0.1, 0.15) is 0 Å². The minimum atomic E-state index is -0.373. The molecule has 1 aliphatic carbocycles. The van der Waals surface area contributed by atoms with Crippen molar-refractivity contribution >= 4 is 5.91 Å². The third-order valence-electron chi connectivity index (χ3n) is 6.51. The van der Waals surface area contributed by atoms with Crippen molar-refractivity contribution in [1.82, 2.24) is 4.90 Å². The van der Waals surface area contributed by atoms with Crippen molar-refractivity contribution in [3.05, 3.63) is 11.8 Å². The van der Waals surface area contributed by atoms with Crippen molar-refractivity contribution in [2.45, 2.75) is 77.4 Å². The predicted molar refractivity (Wildman–Crippen MR) is 105 cm³/mol.